The first-order valence-electron chi connectivity index (χ1n) is 20.0. The number of carbonyl (C=O) groups excluding carboxylic acids is 7. The second kappa shape index (κ2) is 25.8. The fourth-order valence-electron chi connectivity index (χ4n) is 6.23. The van der Waals surface area contributed by atoms with Gasteiger partial charge in [-0.1, -0.05) is 0 Å². The van der Waals surface area contributed by atoms with E-state index in [1.807, 2.05) is 5.32 Å². The third-order valence-corrected chi connectivity index (χ3v) is 11.8. The van der Waals surface area contributed by atoms with Crippen LogP contribution in [-0.4, -0.2) is 193 Å². The predicted molar refractivity (Wildman–Crippen MR) is 220 cm³/mol. The highest BCUT2D eigenvalue weighted by molar-refractivity contribution is 8.00. The minimum atomic E-state index is -2.29. The average molecular weight is 951 g/mol. The van der Waals surface area contributed by atoms with Crippen molar-refractivity contribution >= 4 is 59.1 Å². The van der Waals surface area contributed by atoms with E-state index in [2.05, 4.69) is 16.0 Å². The van der Waals surface area contributed by atoms with Gasteiger partial charge in [0.05, 0.1) is 30.1 Å². The Labute approximate surface area is 374 Å². The molecule has 0 saturated carbocycles. The predicted octanol–water partition coefficient (Wildman–Crippen LogP) is -6.36. The SMILES string of the molecule is CC(=O)N(O)CCC[C@H](NC(=O)[C@H](CCCN(O)C(C)=O)NC(=O)[C@@H](N)CCCN(O)C(C)=O)C(=O)N[C@@H](CO)C(=O)N[C@H](C(=O)O)[C@H](O)C1S[C@@H](n2ccc(=O)n(C)c2=O)[C@H](O)[C@H]1O. The molecular formula is C36H58N10O18S. The van der Waals surface area contributed by atoms with Crippen molar-refractivity contribution in [1.82, 2.24) is 45.6 Å². The Morgan fingerprint density at radius 2 is 1.15 bits per heavy atom. The minimum Gasteiger partial charge on any atom is -0.480 e. The Balaban J connectivity index is 2.33. The van der Waals surface area contributed by atoms with Crippen LogP contribution in [0.25, 0.3) is 0 Å². The number of aliphatic carboxylic acids is 1. The van der Waals surface area contributed by atoms with Gasteiger partial charge in [-0.05, 0) is 38.5 Å². The van der Waals surface area contributed by atoms with Crippen LogP contribution < -0.4 is 38.2 Å². The topological polar surface area (TPSA) is 426 Å². The number of rotatable bonds is 25. The second-order valence-corrected chi connectivity index (χ2v) is 16.3. The van der Waals surface area contributed by atoms with Gasteiger partial charge in [0.15, 0.2) is 6.04 Å². The summed E-state index contributed by atoms with van der Waals surface area (Å²) in [5, 5.41) is 89.1. The first kappa shape index (κ1) is 55.6. The van der Waals surface area contributed by atoms with E-state index in [-0.39, 0.29) is 58.2 Å². The third kappa shape index (κ3) is 16.1. The van der Waals surface area contributed by atoms with Gasteiger partial charge >= 0.3 is 11.7 Å². The van der Waals surface area contributed by atoms with Crippen LogP contribution in [0.2, 0.25) is 0 Å². The van der Waals surface area contributed by atoms with Gasteiger partial charge in [0.1, 0.15) is 29.6 Å². The lowest BCUT2D eigenvalue weighted by molar-refractivity contribution is -0.163. The highest BCUT2D eigenvalue weighted by Gasteiger charge is 2.50. The van der Waals surface area contributed by atoms with Crippen molar-refractivity contribution < 1.29 is 79.5 Å². The third-order valence-electron chi connectivity index (χ3n) is 10.1. The first-order chi connectivity index (χ1) is 30.3. The van der Waals surface area contributed by atoms with Crippen LogP contribution in [0, 0.1) is 0 Å². The summed E-state index contributed by atoms with van der Waals surface area (Å²) in [5.74, 6) is -8.65. The van der Waals surface area contributed by atoms with E-state index < -0.39 is 124 Å². The van der Waals surface area contributed by atoms with Crippen molar-refractivity contribution in [1.29, 1.82) is 0 Å². The molecule has 2 rings (SSSR count). The smallest absolute Gasteiger partial charge is 0.331 e. The number of amides is 7. The number of carbonyl (C=O) groups is 8. The van der Waals surface area contributed by atoms with Crippen molar-refractivity contribution in [3.8, 4) is 0 Å². The molecule has 1 aliphatic heterocycles. The highest BCUT2D eigenvalue weighted by Crippen LogP contribution is 2.43. The number of carboxylic acid groups (broad SMARTS) is 1. The van der Waals surface area contributed by atoms with Gasteiger partial charge in [0.2, 0.25) is 41.4 Å². The van der Waals surface area contributed by atoms with Gasteiger partial charge in [0, 0.05) is 59.7 Å². The number of thioether (sulfide) groups is 1. The monoisotopic (exact) mass is 950 g/mol. The molecule has 7 amide bonds. The molecule has 1 aromatic rings. The fraction of sp³-hybridized carbons (Fsp3) is 0.667. The molecule has 10 atom stereocenters. The molecule has 1 saturated heterocycles. The molecule has 0 aliphatic carbocycles. The van der Waals surface area contributed by atoms with Gasteiger partial charge in [-0.3, -0.25) is 63.1 Å². The Bertz CT molecular complexity index is 1990. The maximum atomic E-state index is 13.8. The molecule has 65 heavy (non-hydrogen) atoms. The summed E-state index contributed by atoms with van der Waals surface area (Å²) >= 11 is 0.552. The molecular weight excluding hydrogens is 893 g/mol. The van der Waals surface area contributed by atoms with Crippen LogP contribution in [-0.2, 0) is 45.4 Å². The van der Waals surface area contributed by atoms with Gasteiger partial charge < -0.3 is 52.5 Å². The van der Waals surface area contributed by atoms with Gasteiger partial charge in [-0.2, -0.15) is 0 Å². The highest BCUT2D eigenvalue weighted by atomic mass is 32.2. The number of nitrogens with zero attached hydrogens (tertiary/aromatic N) is 5. The van der Waals surface area contributed by atoms with Crippen molar-refractivity contribution in [2.45, 2.75) is 118 Å². The molecule has 366 valence electrons. The number of aliphatic hydroxyl groups excluding tert-OH is 4. The van der Waals surface area contributed by atoms with Crippen LogP contribution in [0.4, 0.5) is 0 Å². The summed E-state index contributed by atoms with van der Waals surface area (Å²) in [6, 6.07) is -7.79. The fourth-order valence-corrected chi connectivity index (χ4v) is 7.80. The summed E-state index contributed by atoms with van der Waals surface area (Å²) in [7, 11) is 1.14. The number of nitrogens with two attached hydrogens (primary N) is 1. The summed E-state index contributed by atoms with van der Waals surface area (Å²) in [4.78, 5) is 125. The largest absolute Gasteiger partial charge is 0.480 e. The molecule has 29 heteroatoms. The van der Waals surface area contributed by atoms with Crippen LogP contribution in [0.15, 0.2) is 21.9 Å². The van der Waals surface area contributed by atoms with Crippen molar-refractivity contribution in [2.75, 3.05) is 26.2 Å². The molecule has 0 aromatic carbocycles. The molecule has 1 fully saturated rings. The van der Waals surface area contributed by atoms with E-state index in [9.17, 15) is 89.1 Å². The van der Waals surface area contributed by atoms with E-state index >= 15 is 0 Å². The van der Waals surface area contributed by atoms with E-state index in [4.69, 9.17) is 5.73 Å². The molecule has 1 aromatic heterocycles. The number of hydrogen-bond donors (Lipinski definition) is 13. The lowest BCUT2D eigenvalue weighted by Crippen LogP contribution is -2.61. The van der Waals surface area contributed by atoms with E-state index in [1.165, 1.54) is 0 Å². The quantitative estimate of drug-likeness (QED) is 0.0320. The number of hydroxylamine groups is 6. The zero-order valence-corrected chi connectivity index (χ0v) is 36.7. The van der Waals surface area contributed by atoms with E-state index in [0.29, 0.717) is 31.5 Å². The Morgan fingerprint density at radius 3 is 1.60 bits per heavy atom. The zero-order valence-electron chi connectivity index (χ0n) is 35.9. The molecule has 28 nitrogen and oxygen atoms in total. The van der Waals surface area contributed by atoms with Crippen molar-refractivity contribution in [3.05, 3.63) is 33.1 Å². The molecule has 0 bridgehead atoms. The van der Waals surface area contributed by atoms with Crippen LogP contribution in [0.1, 0.15) is 64.7 Å². The average Bonchev–Trinajstić information content (AvgIpc) is 3.54. The number of aromatic nitrogens is 2. The maximum absolute atomic E-state index is 13.8. The van der Waals surface area contributed by atoms with Crippen LogP contribution in [0.3, 0.4) is 0 Å². The number of hydrogen-bond acceptors (Lipinski definition) is 19. The lowest BCUT2D eigenvalue weighted by atomic mass is 10.00. The van der Waals surface area contributed by atoms with Crippen molar-refractivity contribution in [2.24, 2.45) is 12.8 Å². The molecule has 1 unspecified atom stereocenters. The Kier molecular flexibility index (Phi) is 22.1. The van der Waals surface area contributed by atoms with Gasteiger partial charge in [-0.25, -0.2) is 24.8 Å². The Morgan fingerprint density at radius 1 is 0.723 bits per heavy atom. The normalized spacial score (nSPS) is 19.6. The summed E-state index contributed by atoms with van der Waals surface area (Å²) in [5.41, 5.74) is 4.37. The molecule has 2 heterocycles. The first-order valence-corrected chi connectivity index (χ1v) is 21.0. The Hall–Kier alpha value is -5.53. The van der Waals surface area contributed by atoms with Crippen LogP contribution >= 0.6 is 11.8 Å². The standard InChI is InChI=1S/C36H58N10O18S/c1-17(48)44(62)12-5-8-20(37)30(55)38-21(9-6-13-45(63)18(2)49)31(56)39-22(10-7-14-46(64)19(3)50)32(57)40-23(16-47)33(58)41-25(35(59)60)26(52)29-27(53)28(54)34(65-29)43-15-11-24(51)42(4)36(43)61/h11,15,20-23,25-29,34,47,52-54,62-64H,5-10,12-14,16,37H2,1-4H3,(H,38,55)(H,39,56)(H,40,57)(H,41,58)(H,59,60)/t20-,21-,22-,23-,25-,26-,27+,28+,29?,34+/m0/s1. The number of carboxylic acids is 1. The number of nitrogens with one attached hydrogen (secondary N) is 4. The lowest BCUT2D eigenvalue weighted by Gasteiger charge is -2.29. The van der Waals surface area contributed by atoms with Crippen molar-refractivity contribution in [3.63, 3.8) is 0 Å². The summed E-state index contributed by atoms with van der Waals surface area (Å²) in [6.45, 7) is 1.11. The van der Waals surface area contributed by atoms with Crippen LogP contribution in [0.5, 0.6) is 0 Å². The molecule has 1 aliphatic rings. The van der Waals surface area contributed by atoms with E-state index in [1.54, 1.807) is 0 Å². The zero-order chi connectivity index (χ0) is 49.5. The summed E-state index contributed by atoms with van der Waals surface area (Å²) < 4.78 is 1.57. The molecule has 0 spiro atoms. The van der Waals surface area contributed by atoms with E-state index in [0.717, 1.165) is 44.6 Å². The maximum Gasteiger partial charge on any atom is 0.331 e. The minimum absolute atomic E-state index is 0.0572. The molecule has 14 N–H and O–H groups in total. The second-order valence-electron chi connectivity index (χ2n) is 15.0. The molecule has 0 radical (unpaired) electrons. The van der Waals surface area contributed by atoms with Gasteiger partial charge in [0.25, 0.3) is 5.56 Å². The summed E-state index contributed by atoms with van der Waals surface area (Å²) in [6.07, 6.45) is -5.87. The number of aliphatic hydroxyl groups is 4. The van der Waals surface area contributed by atoms with Gasteiger partial charge in [-0.15, -0.1) is 11.8 Å².